The van der Waals surface area contributed by atoms with Crippen LogP contribution in [-0.2, 0) is 11.2 Å². The van der Waals surface area contributed by atoms with E-state index in [1.165, 1.54) is 4.21 Å². The number of aromatic amines is 1. The number of carbonyl (C=O) groups excluding carboxylic acids is 1. The predicted molar refractivity (Wildman–Crippen MR) is 70.3 cm³/mol. The molecule has 2 N–H and O–H groups in total. The number of rotatable bonds is 6. The van der Waals surface area contributed by atoms with Crippen molar-refractivity contribution in [2.45, 2.75) is 10.6 Å². The molecule has 17 heavy (non-hydrogen) atoms. The number of imidazole rings is 1. The van der Waals surface area contributed by atoms with Crippen LogP contribution in [0.25, 0.3) is 0 Å². The lowest BCUT2D eigenvalue weighted by molar-refractivity contribution is -0.118. The monoisotopic (exact) mass is 267 g/mol. The summed E-state index contributed by atoms with van der Waals surface area (Å²) < 4.78 is 1.17. The standard InChI is InChI=1S/C11H13N3OS2/c15-10(8-17-11-2-1-7-16-11)14-4-3-9-12-5-6-13-9/h1-2,5-7H,3-4,8H2,(H,12,13)(H,14,15). The van der Waals surface area contributed by atoms with E-state index in [2.05, 4.69) is 15.3 Å². The second kappa shape index (κ2) is 6.46. The number of thioether (sulfide) groups is 1. The van der Waals surface area contributed by atoms with E-state index in [0.717, 1.165) is 12.2 Å². The van der Waals surface area contributed by atoms with E-state index in [-0.39, 0.29) is 5.91 Å². The molecule has 0 aliphatic carbocycles. The van der Waals surface area contributed by atoms with Crippen LogP contribution >= 0.6 is 23.1 Å². The van der Waals surface area contributed by atoms with Gasteiger partial charge in [-0.3, -0.25) is 4.79 Å². The van der Waals surface area contributed by atoms with E-state index >= 15 is 0 Å². The van der Waals surface area contributed by atoms with Crippen molar-refractivity contribution in [2.24, 2.45) is 0 Å². The number of H-pyrrole nitrogens is 1. The second-order valence-corrected chi connectivity index (χ2v) is 5.58. The molecule has 0 saturated carbocycles. The SMILES string of the molecule is O=C(CSc1cccs1)NCCc1ncc[nH]1. The van der Waals surface area contributed by atoms with Crippen molar-refractivity contribution in [2.75, 3.05) is 12.3 Å². The summed E-state index contributed by atoms with van der Waals surface area (Å²) in [6.07, 6.45) is 4.23. The molecule has 2 aromatic rings. The molecular weight excluding hydrogens is 254 g/mol. The summed E-state index contributed by atoms with van der Waals surface area (Å²) in [5.41, 5.74) is 0. The summed E-state index contributed by atoms with van der Waals surface area (Å²) in [6.45, 7) is 0.622. The largest absolute Gasteiger partial charge is 0.355 e. The molecule has 0 aromatic carbocycles. The summed E-state index contributed by atoms with van der Waals surface area (Å²) >= 11 is 3.22. The van der Waals surface area contributed by atoms with Crippen molar-refractivity contribution >= 4 is 29.0 Å². The Labute approximate surface area is 108 Å². The number of aromatic nitrogens is 2. The van der Waals surface area contributed by atoms with Crippen LogP contribution in [0.2, 0.25) is 0 Å². The molecule has 0 aliphatic rings. The summed E-state index contributed by atoms with van der Waals surface area (Å²) in [5, 5.41) is 4.88. The number of thiophene rings is 1. The molecule has 90 valence electrons. The molecular formula is C11H13N3OS2. The quantitative estimate of drug-likeness (QED) is 0.786. The number of hydrogen-bond donors (Lipinski definition) is 2. The molecule has 2 heterocycles. The fourth-order valence-electron chi connectivity index (χ4n) is 1.29. The Kier molecular flexibility index (Phi) is 4.63. The van der Waals surface area contributed by atoms with Gasteiger partial charge in [-0.1, -0.05) is 6.07 Å². The normalized spacial score (nSPS) is 10.4. The van der Waals surface area contributed by atoms with Gasteiger partial charge in [-0.15, -0.1) is 23.1 Å². The molecule has 4 nitrogen and oxygen atoms in total. The van der Waals surface area contributed by atoms with Crippen molar-refractivity contribution in [3.8, 4) is 0 Å². The van der Waals surface area contributed by atoms with Gasteiger partial charge in [0, 0.05) is 25.4 Å². The first kappa shape index (κ1) is 12.2. The van der Waals surface area contributed by atoms with Gasteiger partial charge in [-0.05, 0) is 11.4 Å². The molecule has 2 rings (SSSR count). The Balaban J connectivity index is 1.61. The van der Waals surface area contributed by atoms with Crippen LogP contribution in [0.1, 0.15) is 5.82 Å². The van der Waals surface area contributed by atoms with E-state index in [4.69, 9.17) is 0 Å². The fourth-order valence-corrected chi connectivity index (χ4v) is 2.90. The lowest BCUT2D eigenvalue weighted by Crippen LogP contribution is -2.27. The molecule has 0 fully saturated rings. The van der Waals surface area contributed by atoms with E-state index < -0.39 is 0 Å². The first-order valence-corrected chi connectivity index (χ1v) is 7.12. The Bertz CT molecular complexity index is 439. The minimum absolute atomic E-state index is 0.0648. The Morgan fingerprint density at radius 1 is 1.59 bits per heavy atom. The van der Waals surface area contributed by atoms with Gasteiger partial charge in [0.2, 0.25) is 5.91 Å². The van der Waals surface area contributed by atoms with Gasteiger partial charge in [0.05, 0.1) is 9.96 Å². The van der Waals surface area contributed by atoms with Gasteiger partial charge in [0.1, 0.15) is 5.82 Å². The van der Waals surface area contributed by atoms with E-state index in [1.807, 2.05) is 17.5 Å². The van der Waals surface area contributed by atoms with Gasteiger partial charge in [-0.25, -0.2) is 4.98 Å². The van der Waals surface area contributed by atoms with Crippen LogP contribution in [0.4, 0.5) is 0 Å². The van der Waals surface area contributed by atoms with Crippen LogP contribution in [0.15, 0.2) is 34.1 Å². The highest BCUT2D eigenvalue weighted by Crippen LogP contribution is 2.22. The minimum Gasteiger partial charge on any atom is -0.355 e. The van der Waals surface area contributed by atoms with Gasteiger partial charge in [0.25, 0.3) is 0 Å². The third kappa shape index (κ3) is 4.24. The van der Waals surface area contributed by atoms with Crippen LogP contribution < -0.4 is 5.32 Å². The number of nitrogens with one attached hydrogen (secondary N) is 2. The number of carbonyl (C=O) groups is 1. The van der Waals surface area contributed by atoms with Crippen LogP contribution in [0.3, 0.4) is 0 Å². The number of amides is 1. The lowest BCUT2D eigenvalue weighted by atomic mass is 10.4. The Morgan fingerprint density at radius 3 is 3.24 bits per heavy atom. The maximum Gasteiger partial charge on any atom is 0.230 e. The molecule has 0 radical (unpaired) electrons. The second-order valence-electron chi connectivity index (χ2n) is 3.36. The minimum atomic E-state index is 0.0648. The number of hydrogen-bond acceptors (Lipinski definition) is 4. The highest BCUT2D eigenvalue weighted by atomic mass is 32.2. The van der Waals surface area contributed by atoms with Crippen LogP contribution in [0, 0.1) is 0 Å². The van der Waals surface area contributed by atoms with Crippen LogP contribution in [-0.4, -0.2) is 28.2 Å². The predicted octanol–water partition coefficient (Wildman–Crippen LogP) is 1.92. The zero-order valence-corrected chi connectivity index (χ0v) is 10.8. The van der Waals surface area contributed by atoms with Gasteiger partial charge >= 0.3 is 0 Å². The molecule has 0 spiro atoms. The van der Waals surface area contributed by atoms with Crippen molar-refractivity contribution in [1.82, 2.24) is 15.3 Å². The highest BCUT2D eigenvalue weighted by molar-refractivity contribution is 8.01. The Morgan fingerprint density at radius 2 is 2.53 bits per heavy atom. The molecule has 0 unspecified atom stereocenters. The first-order valence-electron chi connectivity index (χ1n) is 5.26. The van der Waals surface area contributed by atoms with E-state index in [9.17, 15) is 4.79 Å². The van der Waals surface area contributed by atoms with Crippen molar-refractivity contribution in [3.05, 3.63) is 35.7 Å². The molecule has 0 atom stereocenters. The third-order valence-corrected chi connectivity index (χ3v) is 4.21. The van der Waals surface area contributed by atoms with Gasteiger partial charge in [0.15, 0.2) is 0 Å². The summed E-state index contributed by atoms with van der Waals surface area (Å²) in [6, 6.07) is 4.01. The van der Waals surface area contributed by atoms with E-state index in [0.29, 0.717) is 12.3 Å². The molecule has 1 amide bonds. The molecule has 0 aliphatic heterocycles. The van der Waals surface area contributed by atoms with Crippen molar-refractivity contribution in [1.29, 1.82) is 0 Å². The topological polar surface area (TPSA) is 57.8 Å². The summed E-state index contributed by atoms with van der Waals surface area (Å²) in [5.74, 6) is 1.43. The number of nitrogens with zero attached hydrogens (tertiary/aromatic N) is 1. The Hall–Kier alpha value is -1.27. The summed E-state index contributed by atoms with van der Waals surface area (Å²) in [4.78, 5) is 18.6. The lowest BCUT2D eigenvalue weighted by Gasteiger charge is -2.02. The van der Waals surface area contributed by atoms with Crippen molar-refractivity contribution in [3.63, 3.8) is 0 Å². The fraction of sp³-hybridized carbons (Fsp3) is 0.273. The average molecular weight is 267 g/mol. The zero-order chi connectivity index (χ0) is 11.9. The average Bonchev–Trinajstić information content (AvgIpc) is 2.99. The maximum atomic E-state index is 11.5. The zero-order valence-electron chi connectivity index (χ0n) is 9.18. The smallest absolute Gasteiger partial charge is 0.230 e. The van der Waals surface area contributed by atoms with Gasteiger partial charge < -0.3 is 10.3 Å². The third-order valence-electron chi connectivity index (χ3n) is 2.08. The van der Waals surface area contributed by atoms with Gasteiger partial charge in [-0.2, -0.15) is 0 Å². The highest BCUT2D eigenvalue weighted by Gasteiger charge is 2.03. The molecule has 0 saturated heterocycles. The summed E-state index contributed by atoms with van der Waals surface area (Å²) in [7, 11) is 0. The molecule has 6 heteroatoms. The first-order chi connectivity index (χ1) is 8.34. The molecule has 0 bridgehead atoms. The van der Waals surface area contributed by atoms with E-state index in [1.54, 1.807) is 35.5 Å². The van der Waals surface area contributed by atoms with Crippen LogP contribution in [0.5, 0.6) is 0 Å². The molecule has 2 aromatic heterocycles. The van der Waals surface area contributed by atoms with Crippen molar-refractivity contribution < 1.29 is 4.79 Å². The maximum absolute atomic E-state index is 11.5.